The monoisotopic (exact) mass is 390 g/mol. The van der Waals surface area contributed by atoms with Crippen molar-refractivity contribution in [3.63, 3.8) is 0 Å². The highest BCUT2D eigenvalue weighted by atomic mass is 16.5. The van der Waals surface area contributed by atoms with Gasteiger partial charge in [0.25, 0.3) is 5.91 Å². The van der Waals surface area contributed by atoms with Crippen molar-refractivity contribution in [3.05, 3.63) is 81.6 Å². The van der Waals surface area contributed by atoms with Crippen LogP contribution in [0, 0.1) is 0 Å². The summed E-state index contributed by atoms with van der Waals surface area (Å²) in [7, 11) is 0. The van der Waals surface area contributed by atoms with E-state index in [0.717, 1.165) is 24.8 Å². The predicted molar refractivity (Wildman–Crippen MR) is 110 cm³/mol. The van der Waals surface area contributed by atoms with Crippen LogP contribution in [0.25, 0.3) is 10.9 Å². The molecule has 0 radical (unpaired) electrons. The molecule has 1 heterocycles. The molecule has 148 valence electrons. The summed E-state index contributed by atoms with van der Waals surface area (Å²) in [6.07, 6.45) is 1.87. The molecule has 2 unspecified atom stereocenters. The molecule has 1 aliphatic carbocycles. The number of pyridine rings is 1. The van der Waals surface area contributed by atoms with Gasteiger partial charge in [0.05, 0.1) is 11.6 Å². The van der Waals surface area contributed by atoms with Crippen molar-refractivity contribution in [2.24, 2.45) is 0 Å². The number of para-hydroxylation sites is 1. The first kappa shape index (κ1) is 18.9. The highest BCUT2D eigenvalue weighted by molar-refractivity contribution is 6.03. The van der Waals surface area contributed by atoms with Crippen LogP contribution >= 0.6 is 0 Å². The molecule has 6 nitrogen and oxygen atoms in total. The largest absolute Gasteiger partial charge is 0.449 e. The number of fused-ring (bicyclic) bond motifs is 2. The Kier molecular flexibility index (Phi) is 5.16. The van der Waals surface area contributed by atoms with Crippen LogP contribution in [-0.2, 0) is 16.0 Å². The third-order valence-electron chi connectivity index (χ3n) is 5.31. The molecule has 0 saturated heterocycles. The van der Waals surface area contributed by atoms with Crippen LogP contribution in [0.2, 0.25) is 0 Å². The van der Waals surface area contributed by atoms with E-state index in [1.165, 1.54) is 18.6 Å². The molecule has 0 bridgehead atoms. The predicted octanol–water partition coefficient (Wildman–Crippen LogP) is 3.27. The summed E-state index contributed by atoms with van der Waals surface area (Å²) in [5, 5.41) is 3.57. The number of hydrogen-bond acceptors (Lipinski definition) is 4. The average Bonchev–Trinajstić information content (AvgIpc) is 2.73. The van der Waals surface area contributed by atoms with E-state index >= 15 is 0 Å². The van der Waals surface area contributed by atoms with E-state index in [2.05, 4.69) is 16.4 Å². The van der Waals surface area contributed by atoms with Crippen LogP contribution in [0.5, 0.6) is 0 Å². The molecule has 1 aliphatic rings. The SMILES string of the molecule is CC(OC(=O)c1cc(=O)[nH]c2ccccc12)C(=O)NC1CCCc2ccccc21. The van der Waals surface area contributed by atoms with E-state index in [4.69, 9.17) is 4.74 Å². The number of carbonyl (C=O) groups is 2. The fraction of sp³-hybridized carbons (Fsp3) is 0.261. The molecule has 6 heteroatoms. The molecule has 0 saturated carbocycles. The highest BCUT2D eigenvalue weighted by Gasteiger charge is 2.26. The lowest BCUT2D eigenvalue weighted by Gasteiger charge is -2.27. The summed E-state index contributed by atoms with van der Waals surface area (Å²) in [4.78, 5) is 39.9. The molecule has 2 atom stereocenters. The van der Waals surface area contributed by atoms with Gasteiger partial charge in [-0.2, -0.15) is 0 Å². The van der Waals surface area contributed by atoms with E-state index in [0.29, 0.717) is 10.9 Å². The summed E-state index contributed by atoms with van der Waals surface area (Å²) in [5.41, 5.74) is 2.65. The number of benzene rings is 2. The highest BCUT2D eigenvalue weighted by Crippen LogP contribution is 2.29. The van der Waals surface area contributed by atoms with Gasteiger partial charge in [0.15, 0.2) is 6.10 Å². The minimum Gasteiger partial charge on any atom is -0.449 e. The van der Waals surface area contributed by atoms with Crippen molar-refractivity contribution in [2.75, 3.05) is 0 Å². The Bertz CT molecular complexity index is 1130. The first-order valence-corrected chi connectivity index (χ1v) is 9.74. The Morgan fingerprint density at radius 1 is 1.14 bits per heavy atom. The molecule has 1 amide bonds. The molecule has 3 aromatic rings. The molecule has 0 fully saturated rings. The molecular weight excluding hydrogens is 368 g/mol. The third-order valence-corrected chi connectivity index (χ3v) is 5.31. The lowest BCUT2D eigenvalue weighted by Crippen LogP contribution is -2.39. The number of nitrogens with one attached hydrogen (secondary N) is 2. The van der Waals surface area contributed by atoms with E-state index in [9.17, 15) is 14.4 Å². The Labute approximate surface area is 167 Å². The van der Waals surface area contributed by atoms with Gasteiger partial charge in [-0.15, -0.1) is 0 Å². The molecule has 2 aromatic carbocycles. The standard InChI is InChI=1S/C23H22N2O4/c1-14(22(27)25-19-12-6-8-15-7-2-3-9-16(15)19)29-23(28)18-13-21(26)24-20-11-5-4-10-17(18)20/h2-5,7,9-11,13-14,19H,6,8,12H2,1H3,(H,24,26)(H,25,27). The number of rotatable bonds is 4. The molecule has 0 spiro atoms. The number of esters is 1. The Morgan fingerprint density at radius 2 is 1.90 bits per heavy atom. The van der Waals surface area contributed by atoms with E-state index < -0.39 is 17.6 Å². The summed E-state index contributed by atoms with van der Waals surface area (Å²) >= 11 is 0. The summed E-state index contributed by atoms with van der Waals surface area (Å²) in [6.45, 7) is 1.54. The van der Waals surface area contributed by atoms with Gasteiger partial charge < -0.3 is 15.0 Å². The van der Waals surface area contributed by atoms with Crippen LogP contribution in [0.3, 0.4) is 0 Å². The second-order valence-corrected chi connectivity index (χ2v) is 7.29. The molecule has 2 N–H and O–H groups in total. The van der Waals surface area contributed by atoms with Gasteiger partial charge >= 0.3 is 5.97 Å². The second-order valence-electron chi connectivity index (χ2n) is 7.29. The van der Waals surface area contributed by atoms with Crippen molar-refractivity contribution in [2.45, 2.75) is 38.3 Å². The van der Waals surface area contributed by atoms with Gasteiger partial charge in [-0.05, 0) is 43.4 Å². The minimum atomic E-state index is -0.977. The maximum atomic E-state index is 12.7. The number of aromatic amines is 1. The molecular formula is C23H22N2O4. The normalized spacial score (nSPS) is 16.7. The summed E-state index contributed by atoms with van der Waals surface area (Å²) in [5.74, 6) is -1.05. The van der Waals surface area contributed by atoms with Gasteiger partial charge in [0.2, 0.25) is 5.56 Å². The number of carbonyl (C=O) groups excluding carboxylic acids is 2. The maximum Gasteiger partial charge on any atom is 0.339 e. The summed E-state index contributed by atoms with van der Waals surface area (Å²) < 4.78 is 5.39. The zero-order chi connectivity index (χ0) is 20.4. The van der Waals surface area contributed by atoms with Crippen LogP contribution in [0.1, 0.15) is 47.3 Å². The lowest BCUT2D eigenvalue weighted by atomic mass is 9.87. The first-order valence-electron chi connectivity index (χ1n) is 9.74. The number of hydrogen-bond donors (Lipinski definition) is 2. The van der Waals surface area contributed by atoms with Crippen LogP contribution < -0.4 is 10.9 Å². The molecule has 4 rings (SSSR count). The number of ether oxygens (including phenoxy) is 1. The quantitative estimate of drug-likeness (QED) is 0.669. The van der Waals surface area contributed by atoms with Crippen molar-refractivity contribution in [1.29, 1.82) is 0 Å². The smallest absolute Gasteiger partial charge is 0.339 e. The fourth-order valence-electron chi connectivity index (χ4n) is 3.84. The Balaban J connectivity index is 1.49. The molecule has 0 aliphatic heterocycles. The van der Waals surface area contributed by atoms with Gasteiger partial charge in [0.1, 0.15) is 0 Å². The fourth-order valence-corrected chi connectivity index (χ4v) is 3.84. The van der Waals surface area contributed by atoms with Crippen molar-refractivity contribution >= 4 is 22.8 Å². The van der Waals surface area contributed by atoms with Gasteiger partial charge in [0, 0.05) is 17.0 Å². The van der Waals surface area contributed by atoms with Crippen molar-refractivity contribution < 1.29 is 14.3 Å². The molecule has 29 heavy (non-hydrogen) atoms. The van der Waals surface area contributed by atoms with Crippen molar-refractivity contribution in [1.82, 2.24) is 10.3 Å². The molecule has 1 aromatic heterocycles. The number of aryl methyl sites for hydroxylation is 1. The van der Waals surface area contributed by atoms with Gasteiger partial charge in [-0.1, -0.05) is 42.5 Å². The Morgan fingerprint density at radius 3 is 2.76 bits per heavy atom. The summed E-state index contributed by atoms with van der Waals surface area (Å²) in [6, 6.07) is 16.2. The van der Waals surface area contributed by atoms with E-state index in [-0.39, 0.29) is 17.5 Å². The van der Waals surface area contributed by atoms with E-state index in [1.807, 2.05) is 18.2 Å². The topological polar surface area (TPSA) is 88.3 Å². The zero-order valence-electron chi connectivity index (χ0n) is 16.1. The van der Waals surface area contributed by atoms with Gasteiger partial charge in [-0.25, -0.2) is 4.79 Å². The van der Waals surface area contributed by atoms with Crippen LogP contribution in [0.15, 0.2) is 59.4 Å². The Hall–Kier alpha value is -3.41. The van der Waals surface area contributed by atoms with Crippen LogP contribution in [-0.4, -0.2) is 23.0 Å². The lowest BCUT2D eigenvalue weighted by molar-refractivity contribution is -0.130. The average molecular weight is 390 g/mol. The van der Waals surface area contributed by atoms with E-state index in [1.54, 1.807) is 24.3 Å². The third kappa shape index (κ3) is 3.92. The number of H-pyrrole nitrogens is 1. The second kappa shape index (κ2) is 7.91. The zero-order valence-corrected chi connectivity index (χ0v) is 16.1. The first-order chi connectivity index (χ1) is 14.0. The minimum absolute atomic E-state index is 0.0889. The van der Waals surface area contributed by atoms with Crippen molar-refractivity contribution in [3.8, 4) is 0 Å². The van der Waals surface area contributed by atoms with Gasteiger partial charge in [-0.3, -0.25) is 9.59 Å². The number of amides is 1. The maximum absolute atomic E-state index is 12.7. The van der Waals surface area contributed by atoms with Crippen LogP contribution in [0.4, 0.5) is 0 Å². The number of aromatic nitrogens is 1.